The summed E-state index contributed by atoms with van der Waals surface area (Å²) in [5.74, 6) is 1.43. The van der Waals surface area contributed by atoms with Gasteiger partial charge in [0, 0.05) is 50.2 Å². The zero-order valence-electron chi connectivity index (χ0n) is 15.9. The van der Waals surface area contributed by atoms with Crippen molar-refractivity contribution in [1.29, 1.82) is 0 Å². The van der Waals surface area contributed by atoms with Crippen molar-refractivity contribution in [3.63, 3.8) is 0 Å². The summed E-state index contributed by atoms with van der Waals surface area (Å²) >= 11 is 0. The predicted molar refractivity (Wildman–Crippen MR) is 107 cm³/mol. The van der Waals surface area contributed by atoms with Crippen LogP contribution in [0.15, 0.2) is 61.4 Å². The third kappa shape index (κ3) is 4.27. The summed E-state index contributed by atoms with van der Waals surface area (Å²) in [5, 5.41) is 0. The quantitative estimate of drug-likeness (QED) is 0.662. The minimum atomic E-state index is 0.267. The molecular formula is C22H25N5O. The predicted octanol–water partition coefficient (Wildman–Crippen LogP) is 3.39. The van der Waals surface area contributed by atoms with E-state index in [0.29, 0.717) is 12.3 Å². The van der Waals surface area contributed by atoms with Gasteiger partial charge in [0.25, 0.3) is 0 Å². The highest BCUT2D eigenvalue weighted by Gasteiger charge is 2.26. The van der Waals surface area contributed by atoms with Crippen LogP contribution in [0.3, 0.4) is 0 Å². The Balaban J connectivity index is 1.31. The van der Waals surface area contributed by atoms with Crippen molar-refractivity contribution < 1.29 is 4.79 Å². The highest BCUT2D eigenvalue weighted by atomic mass is 16.2. The zero-order chi connectivity index (χ0) is 19.2. The van der Waals surface area contributed by atoms with Crippen molar-refractivity contribution in [2.24, 2.45) is 0 Å². The maximum absolute atomic E-state index is 12.6. The number of imidazole rings is 1. The molecule has 0 spiro atoms. The molecular weight excluding hydrogens is 350 g/mol. The lowest BCUT2D eigenvalue weighted by atomic mass is 9.92. The summed E-state index contributed by atoms with van der Waals surface area (Å²) in [7, 11) is 0. The van der Waals surface area contributed by atoms with Crippen molar-refractivity contribution in [2.45, 2.75) is 38.0 Å². The molecule has 1 fully saturated rings. The molecule has 1 saturated heterocycles. The first-order valence-corrected chi connectivity index (χ1v) is 9.92. The van der Waals surface area contributed by atoms with Gasteiger partial charge >= 0.3 is 0 Å². The van der Waals surface area contributed by atoms with Gasteiger partial charge in [-0.3, -0.25) is 14.3 Å². The summed E-state index contributed by atoms with van der Waals surface area (Å²) in [4.78, 5) is 27.8. The number of piperidine rings is 1. The maximum Gasteiger partial charge on any atom is 0.222 e. The van der Waals surface area contributed by atoms with E-state index in [-0.39, 0.29) is 5.91 Å². The molecule has 1 aliphatic rings. The van der Waals surface area contributed by atoms with Crippen molar-refractivity contribution in [3.05, 3.63) is 72.7 Å². The molecule has 144 valence electrons. The van der Waals surface area contributed by atoms with E-state index in [4.69, 9.17) is 0 Å². The SMILES string of the molecule is O=C(CCCc1ccccc1)N1CCC(c2nccnc2-n2ccnc2)CC1. The number of aromatic nitrogens is 4. The van der Waals surface area contributed by atoms with E-state index in [1.807, 2.05) is 33.9 Å². The molecule has 28 heavy (non-hydrogen) atoms. The lowest BCUT2D eigenvalue weighted by Crippen LogP contribution is -2.38. The van der Waals surface area contributed by atoms with Gasteiger partial charge in [0.1, 0.15) is 6.33 Å². The summed E-state index contributed by atoms with van der Waals surface area (Å²) in [6.07, 6.45) is 13.2. The van der Waals surface area contributed by atoms with E-state index in [0.717, 1.165) is 50.3 Å². The van der Waals surface area contributed by atoms with E-state index >= 15 is 0 Å². The van der Waals surface area contributed by atoms with Crippen LogP contribution in [0.1, 0.15) is 42.9 Å². The summed E-state index contributed by atoms with van der Waals surface area (Å²) < 4.78 is 1.91. The normalized spacial score (nSPS) is 14.9. The van der Waals surface area contributed by atoms with Gasteiger partial charge in [0.15, 0.2) is 5.82 Å². The molecule has 0 N–H and O–H groups in total. The molecule has 0 atom stereocenters. The van der Waals surface area contributed by atoms with Gasteiger partial charge in [-0.1, -0.05) is 30.3 Å². The van der Waals surface area contributed by atoms with Crippen molar-refractivity contribution >= 4 is 5.91 Å². The van der Waals surface area contributed by atoms with E-state index in [9.17, 15) is 4.79 Å². The molecule has 0 unspecified atom stereocenters. The smallest absolute Gasteiger partial charge is 0.222 e. The summed E-state index contributed by atoms with van der Waals surface area (Å²) in [5.41, 5.74) is 2.29. The topological polar surface area (TPSA) is 63.9 Å². The number of amides is 1. The van der Waals surface area contributed by atoms with Gasteiger partial charge in [-0.15, -0.1) is 0 Å². The van der Waals surface area contributed by atoms with Gasteiger partial charge in [0.2, 0.25) is 5.91 Å². The fraction of sp³-hybridized carbons (Fsp3) is 0.364. The largest absolute Gasteiger partial charge is 0.343 e. The Bertz CT molecular complexity index is 886. The average molecular weight is 375 g/mol. The second-order valence-corrected chi connectivity index (χ2v) is 7.23. The number of aryl methyl sites for hydroxylation is 1. The first-order valence-electron chi connectivity index (χ1n) is 9.92. The molecule has 6 nitrogen and oxygen atoms in total. The van der Waals surface area contributed by atoms with Crippen LogP contribution in [0.2, 0.25) is 0 Å². The molecule has 0 bridgehead atoms. The van der Waals surface area contributed by atoms with Crippen LogP contribution in [0, 0.1) is 0 Å². The molecule has 2 aromatic heterocycles. The Kier molecular flexibility index (Phi) is 5.75. The van der Waals surface area contributed by atoms with Crippen molar-refractivity contribution in [2.75, 3.05) is 13.1 Å². The Hall–Kier alpha value is -3.02. The fourth-order valence-corrected chi connectivity index (χ4v) is 3.86. The van der Waals surface area contributed by atoms with Crippen molar-refractivity contribution in [1.82, 2.24) is 24.4 Å². The first kappa shape index (κ1) is 18.3. The molecule has 1 aromatic carbocycles. The number of rotatable bonds is 6. The number of carbonyl (C=O) groups excluding carboxylic acids is 1. The third-order valence-corrected chi connectivity index (χ3v) is 5.39. The third-order valence-electron chi connectivity index (χ3n) is 5.39. The second kappa shape index (κ2) is 8.78. The minimum Gasteiger partial charge on any atom is -0.343 e. The van der Waals surface area contributed by atoms with Gasteiger partial charge in [-0.2, -0.15) is 0 Å². The number of benzene rings is 1. The Morgan fingerprint density at radius 1 is 1.04 bits per heavy atom. The van der Waals surface area contributed by atoms with E-state index in [2.05, 4.69) is 27.1 Å². The van der Waals surface area contributed by atoms with Crippen LogP contribution >= 0.6 is 0 Å². The fourth-order valence-electron chi connectivity index (χ4n) is 3.86. The van der Waals surface area contributed by atoms with Gasteiger partial charge in [-0.25, -0.2) is 9.97 Å². The average Bonchev–Trinajstić information content (AvgIpc) is 3.29. The number of hydrogen-bond acceptors (Lipinski definition) is 4. The van der Waals surface area contributed by atoms with Crippen LogP contribution in [-0.2, 0) is 11.2 Å². The number of carbonyl (C=O) groups is 1. The highest BCUT2D eigenvalue weighted by Crippen LogP contribution is 2.29. The second-order valence-electron chi connectivity index (χ2n) is 7.23. The Labute approximate surface area is 165 Å². The molecule has 0 aliphatic carbocycles. The summed E-state index contributed by atoms with van der Waals surface area (Å²) in [6.45, 7) is 1.57. The molecule has 3 heterocycles. The van der Waals surface area contributed by atoms with E-state index in [1.165, 1.54) is 5.56 Å². The van der Waals surface area contributed by atoms with Gasteiger partial charge < -0.3 is 4.90 Å². The van der Waals surface area contributed by atoms with Crippen LogP contribution in [0.5, 0.6) is 0 Å². The molecule has 3 aromatic rings. The van der Waals surface area contributed by atoms with E-state index < -0.39 is 0 Å². The maximum atomic E-state index is 12.6. The lowest BCUT2D eigenvalue weighted by molar-refractivity contribution is -0.132. The van der Waals surface area contributed by atoms with Crippen LogP contribution in [-0.4, -0.2) is 43.4 Å². The highest BCUT2D eigenvalue weighted by molar-refractivity contribution is 5.76. The van der Waals surface area contributed by atoms with Crippen LogP contribution in [0.4, 0.5) is 0 Å². The monoisotopic (exact) mass is 375 g/mol. The Morgan fingerprint density at radius 2 is 1.82 bits per heavy atom. The van der Waals surface area contributed by atoms with Gasteiger partial charge in [0.05, 0.1) is 5.69 Å². The molecule has 1 aliphatic heterocycles. The van der Waals surface area contributed by atoms with Crippen LogP contribution < -0.4 is 0 Å². The van der Waals surface area contributed by atoms with Crippen molar-refractivity contribution in [3.8, 4) is 5.82 Å². The molecule has 0 radical (unpaired) electrons. The molecule has 0 saturated carbocycles. The molecule has 1 amide bonds. The number of nitrogens with zero attached hydrogens (tertiary/aromatic N) is 5. The molecule has 4 rings (SSSR count). The zero-order valence-corrected chi connectivity index (χ0v) is 15.9. The number of likely N-dealkylation sites (tertiary alicyclic amines) is 1. The van der Waals surface area contributed by atoms with Gasteiger partial charge in [-0.05, 0) is 31.2 Å². The van der Waals surface area contributed by atoms with E-state index in [1.54, 1.807) is 24.9 Å². The summed E-state index contributed by atoms with van der Waals surface area (Å²) in [6, 6.07) is 10.4. The minimum absolute atomic E-state index is 0.267. The number of hydrogen-bond donors (Lipinski definition) is 0. The lowest BCUT2D eigenvalue weighted by Gasteiger charge is -2.32. The molecule has 6 heteroatoms. The first-order chi connectivity index (χ1) is 13.8. The standard InChI is InChI=1S/C22H25N5O/c28-20(8-4-7-18-5-2-1-3-6-18)26-14-9-19(10-15-26)21-22(25-12-11-24-21)27-16-13-23-17-27/h1-3,5-6,11-13,16-17,19H,4,7-10,14-15H2. The van der Waals surface area contributed by atoms with Crippen LogP contribution in [0.25, 0.3) is 5.82 Å². The Morgan fingerprint density at radius 3 is 2.57 bits per heavy atom.